The second kappa shape index (κ2) is 13.8. The van der Waals surface area contributed by atoms with Crippen LogP contribution in [0.15, 0.2) is 45.3 Å². The molecule has 0 saturated heterocycles. The van der Waals surface area contributed by atoms with E-state index in [0.29, 0.717) is 5.78 Å². The molecule has 1 atom stereocenters. The molecule has 1 saturated carbocycles. The molecule has 0 spiro atoms. The van der Waals surface area contributed by atoms with E-state index in [1.54, 1.807) is 14.2 Å². The number of aryl methyl sites for hydroxylation is 1. The van der Waals surface area contributed by atoms with Crippen molar-refractivity contribution in [3.8, 4) is 11.5 Å². The van der Waals surface area contributed by atoms with Crippen molar-refractivity contribution in [2.24, 2.45) is 5.92 Å². The van der Waals surface area contributed by atoms with Gasteiger partial charge < -0.3 is 9.47 Å². The zero-order valence-electron chi connectivity index (χ0n) is 18.1. The molecule has 2 aromatic carbocycles. The van der Waals surface area contributed by atoms with Crippen LogP contribution in [0.2, 0.25) is 0 Å². The highest BCUT2D eigenvalue weighted by atomic mass is 79.9. The molecule has 0 aliphatic heterocycles. The Kier molecular flexibility index (Phi) is 12.2. The van der Waals surface area contributed by atoms with Gasteiger partial charge in [0, 0.05) is 21.3 Å². The van der Waals surface area contributed by atoms with Gasteiger partial charge in [0.2, 0.25) is 0 Å². The molecule has 0 radical (unpaired) electrons. The molecule has 0 heterocycles. The van der Waals surface area contributed by atoms with Crippen LogP contribution in [0.3, 0.4) is 0 Å². The third kappa shape index (κ3) is 8.51. The molecular formula is C24H32Br2O3. The van der Waals surface area contributed by atoms with E-state index >= 15 is 0 Å². The fourth-order valence-corrected chi connectivity index (χ4v) is 3.77. The SMILES string of the molecule is CC.COc1ccc(Br)c(C)c1.COc1ccc(Br)c(CC2CCCCC2=O)c1. The van der Waals surface area contributed by atoms with Crippen LogP contribution in [0.4, 0.5) is 0 Å². The Hall–Kier alpha value is -1.33. The Labute approximate surface area is 192 Å². The van der Waals surface area contributed by atoms with Crippen molar-refractivity contribution in [2.75, 3.05) is 14.2 Å². The molecule has 3 rings (SSSR count). The lowest BCUT2D eigenvalue weighted by Crippen LogP contribution is -2.21. The molecule has 0 N–H and O–H groups in total. The summed E-state index contributed by atoms with van der Waals surface area (Å²) < 4.78 is 12.4. The summed E-state index contributed by atoms with van der Waals surface area (Å²) in [6.45, 7) is 6.03. The summed E-state index contributed by atoms with van der Waals surface area (Å²) >= 11 is 6.94. The number of rotatable bonds is 4. The van der Waals surface area contributed by atoms with Gasteiger partial charge in [-0.05, 0) is 73.7 Å². The molecule has 2 aromatic rings. The number of hydrogen-bond acceptors (Lipinski definition) is 3. The Morgan fingerprint density at radius 3 is 2.07 bits per heavy atom. The van der Waals surface area contributed by atoms with Crippen molar-refractivity contribution in [1.82, 2.24) is 0 Å². The predicted molar refractivity (Wildman–Crippen MR) is 128 cm³/mol. The van der Waals surface area contributed by atoms with Gasteiger partial charge in [0.25, 0.3) is 0 Å². The summed E-state index contributed by atoms with van der Waals surface area (Å²) in [6, 6.07) is 11.8. The topological polar surface area (TPSA) is 35.5 Å². The van der Waals surface area contributed by atoms with E-state index < -0.39 is 0 Å². The summed E-state index contributed by atoms with van der Waals surface area (Å²) in [7, 11) is 3.33. The van der Waals surface area contributed by atoms with E-state index in [-0.39, 0.29) is 5.92 Å². The molecule has 1 aliphatic rings. The number of benzene rings is 2. The van der Waals surface area contributed by atoms with E-state index in [0.717, 1.165) is 46.1 Å². The molecule has 3 nitrogen and oxygen atoms in total. The standard InChI is InChI=1S/C14H17BrO2.C8H9BrO.C2H6/c1-17-12-6-7-13(15)11(9-12)8-10-4-2-3-5-14(10)16;1-6-5-7(10-2)3-4-8(6)9;1-2/h6-7,9-10H,2-5,8H2,1H3;3-5H,1-2H3;1-2H3. The molecule has 1 fully saturated rings. The Balaban J connectivity index is 0.000000299. The van der Waals surface area contributed by atoms with Gasteiger partial charge in [0.05, 0.1) is 14.2 Å². The second-order valence-electron chi connectivity index (χ2n) is 6.69. The zero-order valence-corrected chi connectivity index (χ0v) is 21.2. The summed E-state index contributed by atoms with van der Waals surface area (Å²) in [5.74, 6) is 2.38. The summed E-state index contributed by atoms with van der Waals surface area (Å²) in [5, 5.41) is 0. The highest BCUT2D eigenvalue weighted by Crippen LogP contribution is 2.29. The number of carbonyl (C=O) groups excluding carboxylic acids is 1. The maximum Gasteiger partial charge on any atom is 0.136 e. The maximum absolute atomic E-state index is 11.8. The molecular weight excluding hydrogens is 496 g/mol. The smallest absolute Gasteiger partial charge is 0.136 e. The number of Topliss-reactive ketones (excluding diaryl/α,β-unsaturated/α-hetero) is 1. The number of methoxy groups -OCH3 is 2. The number of halogens is 2. The summed E-state index contributed by atoms with van der Waals surface area (Å²) in [4.78, 5) is 11.8. The Bertz CT molecular complexity index is 775. The van der Waals surface area contributed by atoms with Gasteiger partial charge in [0.1, 0.15) is 17.3 Å². The van der Waals surface area contributed by atoms with E-state index in [2.05, 4.69) is 31.9 Å². The maximum atomic E-state index is 11.8. The van der Waals surface area contributed by atoms with E-state index in [1.165, 1.54) is 17.5 Å². The van der Waals surface area contributed by atoms with Crippen LogP contribution in [0.1, 0.15) is 50.7 Å². The number of hydrogen-bond donors (Lipinski definition) is 0. The van der Waals surface area contributed by atoms with Crippen molar-refractivity contribution < 1.29 is 14.3 Å². The van der Waals surface area contributed by atoms with Gasteiger partial charge in [-0.2, -0.15) is 0 Å². The van der Waals surface area contributed by atoms with Gasteiger partial charge >= 0.3 is 0 Å². The minimum Gasteiger partial charge on any atom is -0.497 e. The first kappa shape index (κ1) is 25.7. The molecule has 29 heavy (non-hydrogen) atoms. The van der Waals surface area contributed by atoms with E-state index in [1.807, 2.05) is 57.2 Å². The summed E-state index contributed by atoms with van der Waals surface area (Å²) in [6.07, 6.45) is 4.86. The molecule has 160 valence electrons. The van der Waals surface area contributed by atoms with Crippen LogP contribution in [0.25, 0.3) is 0 Å². The Morgan fingerprint density at radius 2 is 1.52 bits per heavy atom. The third-order valence-electron chi connectivity index (χ3n) is 4.77. The first-order valence-electron chi connectivity index (χ1n) is 10.1. The van der Waals surface area contributed by atoms with Crippen LogP contribution in [-0.2, 0) is 11.2 Å². The summed E-state index contributed by atoms with van der Waals surface area (Å²) in [5.41, 5.74) is 2.36. The highest BCUT2D eigenvalue weighted by Gasteiger charge is 2.23. The third-order valence-corrected chi connectivity index (χ3v) is 6.43. The fourth-order valence-electron chi connectivity index (χ4n) is 3.12. The normalized spacial score (nSPS) is 15.4. The lowest BCUT2D eigenvalue weighted by atomic mass is 9.84. The molecule has 1 aliphatic carbocycles. The number of ether oxygens (including phenoxy) is 2. The van der Waals surface area contributed by atoms with Gasteiger partial charge in [-0.1, -0.05) is 52.1 Å². The largest absolute Gasteiger partial charge is 0.497 e. The van der Waals surface area contributed by atoms with E-state index in [9.17, 15) is 4.79 Å². The van der Waals surface area contributed by atoms with Crippen LogP contribution in [0.5, 0.6) is 11.5 Å². The van der Waals surface area contributed by atoms with Crippen LogP contribution >= 0.6 is 31.9 Å². The second-order valence-corrected chi connectivity index (χ2v) is 8.39. The van der Waals surface area contributed by atoms with E-state index in [4.69, 9.17) is 9.47 Å². The van der Waals surface area contributed by atoms with Crippen molar-refractivity contribution in [3.63, 3.8) is 0 Å². The van der Waals surface area contributed by atoms with Crippen molar-refractivity contribution in [3.05, 3.63) is 56.5 Å². The Morgan fingerprint density at radius 1 is 0.931 bits per heavy atom. The highest BCUT2D eigenvalue weighted by molar-refractivity contribution is 9.10. The van der Waals surface area contributed by atoms with Gasteiger partial charge in [-0.25, -0.2) is 0 Å². The number of carbonyl (C=O) groups is 1. The minimum absolute atomic E-state index is 0.201. The molecule has 0 aromatic heterocycles. The van der Waals surface area contributed by atoms with Gasteiger partial charge in [0.15, 0.2) is 0 Å². The van der Waals surface area contributed by atoms with Gasteiger partial charge in [-0.3, -0.25) is 4.79 Å². The lowest BCUT2D eigenvalue weighted by molar-refractivity contribution is -0.124. The van der Waals surface area contributed by atoms with Crippen molar-refractivity contribution in [1.29, 1.82) is 0 Å². The average molecular weight is 528 g/mol. The fraction of sp³-hybridized carbons (Fsp3) is 0.458. The monoisotopic (exact) mass is 526 g/mol. The number of ketones is 1. The van der Waals surface area contributed by atoms with Crippen molar-refractivity contribution in [2.45, 2.75) is 52.9 Å². The first-order valence-corrected chi connectivity index (χ1v) is 11.7. The van der Waals surface area contributed by atoms with Crippen molar-refractivity contribution >= 4 is 37.6 Å². The average Bonchev–Trinajstić information content (AvgIpc) is 2.75. The van der Waals surface area contributed by atoms with Crippen LogP contribution in [0, 0.1) is 12.8 Å². The molecule has 1 unspecified atom stereocenters. The lowest BCUT2D eigenvalue weighted by Gasteiger charge is -2.21. The van der Waals surface area contributed by atoms with Crippen LogP contribution < -0.4 is 9.47 Å². The van der Waals surface area contributed by atoms with Crippen LogP contribution in [-0.4, -0.2) is 20.0 Å². The molecule has 0 bridgehead atoms. The quantitative estimate of drug-likeness (QED) is 0.411. The molecule has 0 amide bonds. The minimum atomic E-state index is 0.201. The molecule has 5 heteroatoms. The van der Waals surface area contributed by atoms with Gasteiger partial charge in [-0.15, -0.1) is 0 Å². The first-order chi connectivity index (χ1) is 13.9. The predicted octanol–water partition coefficient (Wildman–Crippen LogP) is 7.55. The zero-order chi connectivity index (χ0) is 21.8.